The second kappa shape index (κ2) is 4.80. The van der Waals surface area contributed by atoms with E-state index in [1.54, 1.807) is 5.48 Å². The number of carbonyl (C=O) groups is 1. The summed E-state index contributed by atoms with van der Waals surface area (Å²) in [6, 6.07) is -0.410. The van der Waals surface area contributed by atoms with Gasteiger partial charge in [0.05, 0.1) is 0 Å². The van der Waals surface area contributed by atoms with Gasteiger partial charge in [-0.15, -0.1) is 0 Å². The molecule has 0 saturated carbocycles. The Balaban J connectivity index is 4.41. The maximum absolute atomic E-state index is 10.5. The van der Waals surface area contributed by atoms with Crippen molar-refractivity contribution in [1.82, 2.24) is 10.8 Å². The van der Waals surface area contributed by atoms with Crippen molar-refractivity contribution >= 4 is 11.9 Å². The quantitative estimate of drug-likeness (QED) is 0.268. The van der Waals surface area contributed by atoms with E-state index in [2.05, 4.69) is 5.32 Å². The van der Waals surface area contributed by atoms with Crippen molar-refractivity contribution in [2.45, 2.75) is 33.2 Å². The van der Waals surface area contributed by atoms with E-state index in [1.807, 2.05) is 20.8 Å². The Morgan fingerprint density at radius 1 is 1.50 bits per heavy atom. The van der Waals surface area contributed by atoms with Crippen LogP contribution < -0.4 is 10.8 Å². The number of hydrogen-bond acceptors (Lipinski definition) is 3. The Bertz CT molecular complexity index is 222. The molecule has 1 unspecified atom stereocenters. The van der Waals surface area contributed by atoms with Crippen LogP contribution in [0.4, 0.5) is 4.79 Å². The van der Waals surface area contributed by atoms with Crippen LogP contribution in [0.5, 0.6) is 0 Å². The lowest BCUT2D eigenvalue weighted by molar-refractivity contribution is 0.173. The van der Waals surface area contributed by atoms with Gasteiger partial charge in [-0.1, -0.05) is 20.8 Å². The third-order valence-electron chi connectivity index (χ3n) is 1.89. The van der Waals surface area contributed by atoms with Gasteiger partial charge in [-0.3, -0.25) is 16.1 Å². The number of nitrogens with one attached hydrogen (secondary N) is 3. The maximum atomic E-state index is 10.5. The van der Waals surface area contributed by atoms with Crippen molar-refractivity contribution in [2.75, 3.05) is 0 Å². The highest BCUT2D eigenvalue weighted by Crippen LogP contribution is 2.21. The van der Waals surface area contributed by atoms with Gasteiger partial charge in [-0.05, 0) is 5.41 Å². The van der Waals surface area contributed by atoms with E-state index >= 15 is 0 Å². The van der Waals surface area contributed by atoms with Crippen LogP contribution in [0.15, 0.2) is 0 Å². The average molecular weight is 203 g/mol. The Kier molecular flexibility index (Phi) is 4.36. The molecule has 0 saturated heterocycles. The van der Waals surface area contributed by atoms with Gasteiger partial charge in [-0.2, -0.15) is 0 Å². The molecule has 6 heteroatoms. The molecule has 0 fully saturated rings. The topological polar surface area (TPSA) is 105 Å². The third kappa shape index (κ3) is 4.66. The molecule has 0 aliphatic rings. The molecule has 0 aromatic rings. The fourth-order valence-corrected chi connectivity index (χ4v) is 0.973. The molecular weight excluding hydrogens is 186 g/mol. The molecule has 0 bridgehead atoms. The van der Waals surface area contributed by atoms with E-state index in [-0.39, 0.29) is 17.7 Å². The zero-order valence-corrected chi connectivity index (χ0v) is 8.59. The monoisotopic (exact) mass is 203 g/mol. The molecule has 0 spiro atoms. The second-order valence-electron chi connectivity index (χ2n) is 4.16. The van der Waals surface area contributed by atoms with Crippen molar-refractivity contribution in [3.05, 3.63) is 0 Å². The summed E-state index contributed by atoms with van der Waals surface area (Å²) in [7, 11) is 0. The molecule has 5 N–H and O–H groups in total. The minimum Gasteiger partial charge on any atom is -0.465 e. The summed E-state index contributed by atoms with van der Waals surface area (Å²) in [5.41, 5.74) is 1.39. The third-order valence-corrected chi connectivity index (χ3v) is 1.89. The van der Waals surface area contributed by atoms with E-state index in [0.717, 1.165) is 0 Å². The van der Waals surface area contributed by atoms with Gasteiger partial charge in [0.1, 0.15) is 5.84 Å². The first-order valence-corrected chi connectivity index (χ1v) is 4.24. The molecule has 0 heterocycles. The van der Waals surface area contributed by atoms with E-state index < -0.39 is 12.1 Å². The summed E-state index contributed by atoms with van der Waals surface area (Å²) >= 11 is 0. The fraction of sp³-hybridized carbons (Fsp3) is 0.750. The van der Waals surface area contributed by atoms with Gasteiger partial charge in [0.25, 0.3) is 0 Å². The molecule has 0 rings (SSSR count). The van der Waals surface area contributed by atoms with E-state index in [1.165, 1.54) is 0 Å². The van der Waals surface area contributed by atoms with Crippen molar-refractivity contribution in [3.8, 4) is 0 Å². The summed E-state index contributed by atoms with van der Waals surface area (Å²) in [6.45, 7) is 5.58. The number of carboxylic acid groups (broad SMARTS) is 1. The van der Waals surface area contributed by atoms with Gasteiger partial charge in [0, 0.05) is 12.5 Å². The van der Waals surface area contributed by atoms with Gasteiger partial charge < -0.3 is 10.4 Å². The van der Waals surface area contributed by atoms with Crippen LogP contribution in [0.1, 0.15) is 27.2 Å². The fourth-order valence-electron chi connectivity index (χ4n) is 0.973. The van der Waals surface area contributed by atoms with Gasteiger partial charge in [0.15, 0.2) is 0 Å². The largest absolute Gasteiger partial charge is 0.465 e. The Morgan fingerprint density at radius 2 is 2.00 bits per heavy atom. The molecule has 0 aliphatic heterocycles. The lowest BCUT2D eigenvalue weighted by atomic mass is 9.84. The maximum Gasteiger partial charge on any atom is 0.404 e. The molecule has 6 nitrogen and oxygen atoms in total. The molecule has 1 atom stereocenters. The van der Waals surface area contributed by atoms with Crippen LogP contribution in [0.25, 0.3) is 0 Å². The van der Waals surface area contributed by atoms with E-state index in [9.17, 15) is 4.79 Å². The first-order chi connectivity index (χ1) is 6.27. The standard InChI is InChI=1S/C8H17N3O3/c1-8(2,3)5(10-7(12)13)4-6(9)11-14/h5,10,14H,4H2,1-3H3,(H2,9,11)(H,12,13). The smallest absolute Gasteiger partial charge is 0.404 e. The Morgan fingerprint density at radius 3 is 2.29 bits per heavy atom. The van der Waals surface area contributed by atoms with Crippen LogP contribution in [0.2, 0.25) is 0 Å². The predicted octanol–water partition coefficient (Wildman–Crippen LogP) is 1.01. The summed E-state index contributed by atoms with van der Waals surface area (Å²) < 4.78 is 0. The summed E-state index contributed by atoms with van der Waals surface area (Å²) in [5.74, 6) is -0.112. The predicted molar refractivity (Wildman–Crippen MR) is 51.7 cm³/mol. The number of hydroxylamine groups is 1. The highest BCUT2D eigenvalue weighted by molar-refractivity contribution is 5.79. The van der Waals surface area contributed by atoms with Crippen molar-refractivity contribution in [2.24, 2.45) is 5.41 Å². The minimum atomic E-state index is -1.13. The Labute approximate surface area is 82.8 Å². The molecule has 1 amide bonds. The zero-order valence-electron chi connectivity index (χ0n) is 8.59. The molecule has 0 radical (unpaired) electrons. The molecule has 0 aromatic heterocycles. The minimum absolute atomic E-state index is 0.112. The number of amidine groups is 1. The average Bonchev–Trinajstić information content (AvgIpc) is 2.00. The zero-order chi connectivity index (χ0) is 11.4. The van der Waals surface area contributed by atoms with Gasteiger partial charge in [0.2, 0.25) is 0 Å². The van der Waals surface area contributed by atoms with Crippen LogP contribution >= 0.6 is 0 Å². The molecule has 0 aromatic carbocycles. The van der Waals surface area contributed by atoms with Crippen LogP contribution in [0.3, 0.4) is 0 Å². The summed E-state index contributed by atoms with van der Waals surface area (Å²) in [6.07, 6.45) is -0.998. The number of rotatable bonds is 3. The second-order valence-corrected chi connectivity index (χ2v) is 4.16. The molecule has 0 aliphatic carbocycles. The SMILES string of the molecule is CC(C)(C)C(CC(=N)NO)NC(=O)O. The molecule has 82 valence electrons. The van der Waals surface area contributed by atoms with Crippen LogP contribution in [-0.4, -0.2) is 28.3 Å². The van der Waals surface area contributed by atoms with E-state index in [4.69, 9.17) is 15.7 Å². The van der Waals surface area contributed by atoms with Crippen molar-refractivity contribution < 1.29 is 15.1 Å². The van der Waals surface area contributed by atoms with E-state index in [0.29, 0.717) is 0 Å². The lowest BCUT2D eigenvalue weighted by Gasteiger charge is -2.30. The van der Waals surface area contributed by atoms with Crippen molar-refractivity contribution in [3.63, 3.8) is 0 Å². The van der Waals surface area contributed by atoms with Crippen LogP contribution in [0, 0.1) is 10.8 Å². The first kappa shape index (κ1) is 12.7. The van der Waals surface area contributed by atoms with Crippen LogP contribution in [-0.2, 0) is 0 Å². The van der Waals surface area contributed by atoms with Gasteiger partial charge in [-0.25, -0.2) is 4.79 Å². The van der Waals surface area contributed by atoms with Crippen molar-refractivity contribution in [1.29, 1.82) is 5.41 Å². The highest BCUT2D eigenvalue weighted by atomic mass is 16.5. The number of hydrogen-bond donors (Lipinski definition) is 5. The Hall–Kier alpha value is -1.30. The summed E-state index contributed by atoms with van der Waals surface area (Å²) in [4.78, 5) is 10.5. The summed E-state index contributed by atoms with van der Waals surface area (Å²) in [5, 5.41) is 26.5. The molecule has 14 heavy (non-hydrogen) atoms. The number of amides is 1. The molecular formula is C8H17N3O3. The highest BCUT2D eigenvalue weighted by Gasteiger charge is 2.27. The van der Waals surface area contributed by atoms with Gasteiger partial charge >= 0.3 is 6.09 Å². The normalized spacial score (nSPS) is 13.1. The first-order valence-electron chi connectivity index (χ1n) is 4.24. The lowest BCUT2D eigenvalue weighted by Crippen LogP contribution is -2.45.